The number of rotatable bonds is 7. The Morgan fingerprint density at radius 2 is 1.97 bits per heavy atom. The molecule has 5 N–H and O–H groups in total. The molecule has 0 bridgehead atoms. The largest absolute Gasteiger partial charge is 0.388 e. The lowest BCUT2D eigenvalue weighted by Crippen LogP contribution is -2.33. The summed E-state index contributed by atoms with van der Waals surface area (Å²) >= 11 is 1.54. The van der Waals surface area contributed by atoms with E-state index in [0.29, 0.717) is 29.2 Å². The molecule has 9 nitrogen and oxygen atoms in total. The molecule has 168 valence electrons. The van der Waals surface area contributed by atoms with Gasteiger partial charge in [0.1, 0.15) is 28.6 Å². The van der Waals surface area contributed by atoms with Crippen LogP contribution in [-0.4, -0.2) is 33.5 Å². The number of hydrazine groups is 1. The van der Waals surface area contributed by atoms with Crippen LogP contribution in [0.5, 0.6) is 0 Å². The molecule has 2 aromatic heterocycles. The third-order valence-corrected chi connectivity index (χ3v) is 5.26. The zero-order valence-electron chi connectivity index (χ0n) is 18.4. The number of carbonyl (C=O) groups excluding carboxylic acids is 1. The number of aromatic nitrogens is 3. The second kappa shape index (κ2) is 10.7. The molecule has 1 saturated carbocycles. The van der Waals surface area contributed by atoms with Crippen molar-refractivity contribution in [2.75, 3.05) is 18.1 Å². The lowest BCUT2D eigenvalue weighted by Gasteiger charge is -2.09. The van der Waals surface area contributed by atoms with Gasteiger partial charge in [-0.2, -0.15) is 4.99 Å². The summed E-state index contributed by atoms with van der Waals surface area (Å²) in [6.07, 6.45) is 5.02. The van der Waals surface area contributed by atoms with E-state index in [4.69, 9.17) is 5.73 Å². The van der Waals surface area contributed by atoms with Crippen LogP contribution in [0.1, 0.15) is 26.7 Å². The number of hydrogen-bond donors (Lipinski definition) is 4. The van der Waals surface area contributed by atoms with Crippen LogP contribution >= 0.6 is 11.8 Å². The van der Waals surface area contributed by atoms with Crippen LogP contribution in [0.2, 0.25) is 0 Å². The molecule has 1 fully saturated rings. The first kappa shape index (κ1) is 23.1. The van der Waals surface area contributed by atoms with Crippen molar-refractivity contribution in [1.82, 2.24) is 25.2 Å². The first-order chi connectivity index (χ1) is 15.4. The van der Waals surface area contributed by atoms with E-state index in [1.54, 1.807) is 10.6 Å². The number of nitrogen functional groups attached to an aromatic ring is 1. The molecule has 0 spiro atoms. The van der Waals surface area contributed by atoms with Gasteiger partial charge in [0, 0.05) is 35.3 Å². The minimum absolute atomic E-state index is 0.416. The van der Waals surface area contributed by atoms with Crippen LogP contribution < -0.4 is 21.9 Å². The first-order valence-electron chi connectivity index (χ1n) is 10.2. The maximum Gasteiger partial charge on any atom is 0.238 e. The van der Waals surface area contributed by atoms with Crippen LogP contribution in [0.25, 0.3) is 5.65 Å². The SMILES string of the molecule is C=C(C)NN/C(C)=N/c1nc(Sc2ccc(NC)cc2)cc2nc(N)cn12.O=CC1CC1. The van der Waals surface area contributed by atoms with E-state index in [2.05, 4.69) is 37.7 Å². The maximum absolute atomic E-state index is 9.57. The molecule has 0 amide bonds. The van der Waals surface area contributed by atoms with E-state index in [1.807, 2.05) is 51.2 Å². The van der Waals surface area contributed by atoms with Gasteiger partial charge in [-0.3, -0.25) is 9.83 Å². The minimum atomic E-state index is 0.416. The number of aldehydes is 1. The summed E-state index contributed by atoms with van der Waals surface area (Å²) in [5, 5.41) is 3.89. The third-order valence-electron chi connectivity index (χ3n) is 4.33. The fourth-order valence-corrected chi connectivity index (χ4v) is 3.32. The zero-order chi connectivity index (χ0) is 23.1. The highest BCUT2D eigenvalue weighted by Gasteiger charge is 2.19. The Balaban J connectivity index is 0.000000509. The van der Waals surface area contributed by atoms with Crippen molar-refractivity contribution >= 4 is 47.0 Å². The van der Waals surface area contributed by atoms with E-state index in [-0.39, 0.29) is 0 Å². The Morgan fingerprint density at radius 3 is 2.53 bits per heavy atom. The Hall–Kier alpha value is -3.53. The summed E-state index contributed by atoms with van der Waals surface area (Å²) in [7, 11) is 1.89. The van der Waals surface area contributed by atoms with Gasteiger partial charge in [-0.05, 0) is 51.0 Å². The Morgan fingerprint density at radius 1 is 1.25 bits per heavy atom. The fraction of sp³-hybridized carbons (Fsp3) is 0.273. The molecule has 0 unspecified atom stereocenters. The van der Waals surface area contributed by atoms with Gasteiger partial charge in [-0.15, -0.1) is 0 Å². The van der Waals surface area contributed by atoms with Gasteiger partial charge in [0.2, 0.25) is 5.95 Å². The summed E-state index contributed by atoms with van der Waals surface area (Å²) < 4.78 is 1.76. The molecule has 0 aliphatic heterocycles. The van der Waals surface area contributed by atoms with Crippen LogP contribution in [0.3, 0.4) is 0 Å². The Kier molecular flexibility index (Phi) is 7.72. The molecule has 0 saturated heterocycles. The molecule has 1 aliphatic rings. The first-order valence-corrected chi connectivity index (χ1v) is 11.0. The molecule has 1 aliphatic carbocycles. The van der Waals surface area contributed by atoms with Crippen LogP contribution in [-0.2, 0) is 4.79 Å². The average Bonchev–Trinajstić information content (AvgIpc) is 3.53. The number of imidazole rings is 1. The second-order valence-corrected chi connectivity index (χ2v) is 8.46. The van der Waals surface area contributed by atoms with Gasteiger partial charge >= 0.3 is 0 Å². The van der Waals surface area contributed by atoms with Crippen molar-refractivity contribution in [2.45, 2.75) is 36.6 Å². The maximum atomic E-state index is 9.57. The molecule has 0 atom stereocenters. The quantitative estimate of drug-likeness (QED) is 0.140. The fourth-order valence-electron chi connectivity index (χ4n) is 2.52. The average molecular weight is 453 g/mol. The Labute approximate surface area is 191 Å². The summed E-state index contributed by atoms with van der Waals surface area (Å²) in [4.78, 5) is 24.2. The monoisotopic (exact) mass is 452 g/mol. The van der Waals surface area contributed by atoms with E-state index in [0.717, 1.165) is 40.4 Å². The van der Waals surface area contributed by atoms with Crippen molar-refractivity contribution in [2.24, 2.45) is 10.9 Å². The molecular weight excluding hydrogens is 424 g/mol. The van der Waals surface area contributed by atoms with Gasteiger partial charge in [0.25, 0.3) is 0 Å². The number of nitrogens with zero attached hydrogens (tertiary/aromatic N) is 4. The molecule has 3 aromatic rings. The number of allylic oxidation sites excluding steroid dienone is 1. The molecule has 32 heavy (non-hydrogen) atoms. The normalized spacial score (nSPS) is 13.2. The molecule has 2 heterocycles. The van der Waals surface area contributed by atoms with Crippen LogP contribution in [0.15, 0.2) is 63.7 Å². The topological polar surface area (TPSA) is 122 Å². The number of nitrogens with one attached hydrogen (secondary N) is 3. The highest BCUT2D eigenvalue weighted by molar-refractivity contribution is 7.99. The minimum Gasteiger partial charge on any atom is -0.388 e. The summed E-state index contributed by atoms with van der Waals surface area (Å²) in [6.45, 7) is 7.46. The van der Waals surface area contributed by atoms with Crippen molar-refractivity contribution in [3.8, 4) is 0 Å². The molecule has 1 aromatic carbocycles. The van der Waals surface area contributed by atoms with Gasteiger partial charge in [0.05, 0.1) is 6.20 Å². The van der Waals surface area contributed by atoms with Gasteiger partial charge in [0.15, 0.2) is 0 Å². The number of hydrogen-bond acceptors (Lipinski definition) is 8. The molecule has 4 rings (SSSR count). The number of fused-ring (bicyclic) bond motifs is 1. The van der Waals surface area contributed by atoms with Crippen LogP contribution in [0, 0.1) is 5.92 Å². The van der Waals surface area contributed by atoms with E-state index in [1.165, 1.54) is 11.8 Å². The smallest absolute Gasteiger partial charge is 0.238 e. The lowest BCUT2D eigenvalue weighted by molar-refractivity contribution is -0.108. The summed E-state index contributed by atoms with van der Waals surface area (Å²) in [6, 6.07) is 10.0. The van der Waals surface area contributed by atoms with E-state index < -0.39 is 0 Å². The zero-order valence-corrected chi connectivity index (χ0v) is 19.2. The molecule has 0 radical (unpaired) electrons. The van der Waals surface area contributed by atoms with Crippen molar-refractivity contribution in [3.63, 3.8) is 0 Å². The standard InChI is InChI=1S/C18H22N8S.C4H6O/c1-11(2)24-25-12(3)21-18-23-17(9-16-22-15(19)10-26(16)18)27-14-7-5-13(20-4)6-8-14;5-3-4-1-2-4/h5-10,20,24H,1,19H2,2-4H3,(H,21,23,25);3-4H,1-2H2. The number of carbonyl (C=O) groups is 1. The lowest BCUT2D eigenvalue weighted by atomic mass is 10.3. The molecular formula is C22H28N8OS. The van der Waals surface area contributed by atoms with Crippen molar-refractivity contribution in [1.29, 1.82) is 0 Å². The number of aliphatic imine (C=N–C) groups is 1. The Bertz CT molecular complexity index is 1120. The highest BCUT2D eigenvalue weighted by atomic mass is 32.2. The number of amidine groups is 1. The van der Waals surface area contributed by atoms with Gasteiger partial charge in [-0.25, -0.2) is 9.97 Å². The number of benzene rings is 1. The number of anilines is 2. The van der Waals surface area contributed by atoms with Crippen LogP contribution in [0.4, 0.5) is 17.5 Å². The van der Waals surface area contributed by atoms with Gasteiger partial charge in [-0.1, -0.05) is 18.3 Å². The summed E-state index contributed by atoms with van der Waals surface area (Å²) in [5.74, 6) is 1.99. The van der Waals surface area contributed by atoms with E-state index in [9.17, 15) is 4.79 Å². The highest BCUT2D eigenvalue weighted by Crippen LogP contribution is 2.30. The predicted octanol–water partition coefficient (Wildman–Crippen LogP) is 3.78. The van der Waals surface area contributed by atoms with Crippen molar-refractivity contribution in [3.05, 3.63) is 48.8 Å². The summed E-state index contributed by atoms with van der Waals surface area (Å²) in [5.41, 5.74) is 14.3. The second-order valence-electron chi connectivity index (χ2n) is 7.37. The van der Waals surface area contributed by atoms with E-state index >= 15 is 0 Å². The van der Waals surface area contributed by atoms with Crippen molar-refractivity contribution < 1.29 is 4.79 Å². The van der Waals surface area contributed by atoms with Gasteiger partial charge < -0.3 is 21.3 Å². The molecule has 10 heteroatoms. The third kappa shape index (κ3) is 6.74. The predicted molar refractivity (Wildman–Crippen MR) is 130 cm³/mol. The number of nitrogens with two attached hydrogens (primary N) is 1.